The van der Waals surface area contributed by atoms with Crippen LogP contribution in [0.4, 0.5) is 17.2 Å². The molecule has 0 fully saturated rings. The number of methoxy groups -OCH3 is 1. The van der Waals surface area contributed by atoms with Crippen LogP contribution in [0.3, 0.4) is 0 Å². The van der Waals surface area contributed by atoms with Crippen molar-refractivity contribution in [2.45, 2.75) is 11.8 Å². The Morgan fingerprint density at radius 1 is 1.07 bits per heavy atom. The predicted molar refractivity (Wildman–Crippen MR) is 107 cm³/mol. The van der Waals surface area contributed by atoms with Gasteiger partial charge in [0.2, 0.25) is 0 Å². The maximum Gasteiger partial charge on any atom is 0.266 e. The standard InChI is InChI=1S/C20H18N4O3S/c1-14-6-8-18(27-2)19(10-14)28(25,26)24-20-9-7-17(13-22-20)23-16-5-3-4-15(11-16)12-21/h3-11,13,23H,1-2H3,(H,22,24). The van der Waals surface area contributed by atoms with Crippen LogP contribution >= 0.6 is 0 Å². The Kier molecular flexibility index (Phi) is 5.47. The maximum absolute atomic E-state index is 12.7. The largest absolute Gasteiger partial charge is 0.495 e. The van der Waals surface area contributed by atoms with Gasteiger partial charge in [0.1, 0.15) is 16.5 Å². The van der Waals surface area contributed by atoms with Gasteiger partial charge in [-0.25, -0.2) is 13.4 Å². The van der Waals surface area contributed by atoms with Crippen molar-refractivity contribution < 1.29 is 13.2 Å². The summed E-state index contributed by atoms with van der Waals surface area (Å²) in [4.78, 5) is 4.20. The number of rotatable bonds is 6. The van der Waals surface area contributed by atoms with E-state index in [9.17, 15) is 8.42 Å². The smallest absolute Gasteiger partial charge is 0.266 e. The van der Waals surface area contributed by atoms with Gasteiger partial charge in [-0.15, -0.1) is 0 Å². The molecule has 0 saturated carbocycles. The average Bonchev–Trinajstić information content (AvgIpc) is 2.69. The number of nitrogens with one attached hydrogen (secondary N) is 2. The van der Waals surface area contributed by atoms with Crippen LogP contribution in [0.5, 0.6) is 5.75 Å². The van der Waals surface area contributed by atoms with Gasteiger partial charge >= 0.3 is 0 Å². The van der Waals surface area contributed by atoms with Crippen molar-refractivity contribution in [3.8, 4) is 11.8 Å². The lowest BCUT2D eigenvalue weighted by Gasteiger charge is -2.12. The van der Waals surface area contributed by atoms with Crippen molar-refractivity contribution >= 4 is 27.2 Å². The lowest BCUT2D eigenvalue weighted by molar-refractivity contribution is 0.402. The number of benzene rings is 2. The van der Waals surface area contributed by atoms with Gasteiger partial charge in [-0.3, -0.25) is 4.72 Å². The Morgan fingerprint density at radius 3 is 2.57 bits per heavy atom. The highest BCUT2D eigenvalue weighted by atomic mass is 32.2. The fraction of sp³-hybridized carbons (Fsp3) is 0.100. The number of sulfonamides is 1. The van der Waals surface area contributed by atoms with Crippen LogP contribution in [0.15, 0.2) is 65.7 Å². The van der Waals surface area contributed by atoms with Crippen molar-refractivity contribution in [2.75, 3.05) is 17.1 Å². The second-order valence-corrected chi connectivity index (χ2v) is 7.66. The summed E-state index contributed by atoms with van der Waals surface area (Å²) >= 11 is 0. The van der Waals surface area contributed by atoms with E-state index in [1.807, 2.05) is 6.07 Å². The summed E-state index contributed by atoms with van der Waals surface area (Å²) in [6.07, 6.45) is 1.50. The lowest BCUT2D eigenvalue weighted by atomic mass is 10.2. The number of pyridine rings is 1. The lowest BCUT2D eigenvalue weighted by Crippen LogP contribution is -2.15. The van der Waals surface area contributed by atoms with E-state index in [1.54, 1.807) is 55.5 Å². The number of aryl methyl sites for hydroxylation is 1. The molecule has 0 aliphatic carbocycles. The van der Waals surface area contributed by atoms with E-state index in [4.69, 9.17) is 10.00 Å². The number of hydrogen-bond donors (Lipinski definition) is 2. The van der Waals surface area contributed by atoms with Crippen molar-refractivity contribution in [3.05, 3.63) is 71.9 Å². The van der Waals surface area contributed by atoms with Gasteiger partial charge in [-0.05, 0) is 55.0 Å². The molecule has 0 amide bonds. The highest BCUT2D eigenvalue weighted by Crippen LogP contribution is 2.27. The first-order valence-corrected chi connectivity index (χ1v) is 9.80. The molecule has 0 aliphatic heterocycles. The highest BCUT2D eigenvalue weighted by Gasteiger charge is 2.20. The molecular formula is C20H18N4O3S. The van der Waals surface area contributed by atoms with Crippen LogP contribution in [-0.2, 0) is 10.0 Å². The van der Waals surface area contributed by atoms with Crippen molar-refractivity contribution in [2.24, 2.45) is 0 Å². The molecule has 0 unspecified atom stereocenters. The summed E-state index contributed by atoms with van der Waals surface area (Å²) in [7, 11) is -2.43. The molecule has 1 heterocycles. The van der Waals surface area contributed by atoms with Gasteiger partial charge in [-0.1, -0.05) is 12.1 Å². The molecule has 1 aromatic heterocycles. The topological polar surface area (TPSA) is 104 Å². The van der Waals surface area contributed by atoms with Gasteiger partial charge < -0.3 is 10.1 Å². The Morgan fingerprint density at radius 2 is 1.89 bits per heavy atom. The summed E-state index contributed by atoms with van der Waals surface area (Å²) in [5.74, 6) is 0.439. The van der Waals surface area contributed by atoms with E-state index in [0.717, 1.165) is 11.3 Å². The monoisotopic (exact) mass is 394 g/mol. The van der Waals surface area contributed by atoms with E-state index in [-0.39, 0.29) is 16.5 Å². The molecule has 0 radical (unpaired) electrons. The zero-order valence-corrected chi connectivity index (χ0v) is 16.1. The quantitative estimate of drug-likeness (QED) is 0.659. The van der Waals surface area contributed by atoms with Crippen molar-refractivity contribution in [1.29, 1.82) is 5.26 Å². The van der Waals surface area contributed by atoms with E-state index in [1.165, 1.54) is 13.3 Å². The summed E-state index contributed by atoms with van der Waals surface area (Å²) in [5.41, 5.74) is 2.73. The number of nitrogens with zero attached hydrogens (tertiary/aromatic N) is 2. The first kappa shape index (κ1) is 19.2. The first-order valence-electron chi connectivity index (χ1n) is 8.32. The van der Waals surface area contributed by atoms with Crippen LogP contribution < -0.4 is 14.8 Å². The third-order valence-corrected chi connectivity index (χ3v) is 5.27. The first-order chi connectivity index (χ1) is 13.4. The van der Waals surface area contributed by atoms with Crippen molar-refractivity contribution in [1.82, 2.24) is 4.98 Å². The Labute approximate surface area is 163 Å². The van der Waals surface area contributed by atoms with Crippen LogP contribution in [0.25, 0.3) is 0 Å². The molecule has 7 nitrogen and oxygen atoms in total. The van der Waals surface area contributed by atoms with Gasteiger partial charge in [0.25, 0.3) is 10.0 Å². The zero-order valence-electron chi connectivity index (χ0n) is 15.3. The molecule has 3 rings (SSSR count). The molecule has 2 N–H and O–H groups in total. The minimum atomic E-state index is -3.85. The molecule has 28 heavy (non-hydrogen) atoms. The minimum Gasteiger partial charge on any atom is -0.495 e. The molecule has 3 aromatic rings. The fourth-order valence-electron chi connectivity index (χ4n) is 2.55. The normalized spacial score (nSPS) is 10.8. The van der Waals surface area contributed by atoms with Crippen molar-refractivity contribution in [3.63, 3.8) is 0 Å². The maximum atomic E-state index is 12.7. The van der Waals surface area contributed by atoms with Gasteiger partial charge in [0.15, 0.2) is 0 Å². The summed E-state index contributed by atoms with van der Waals surface area (Å²) in [5, 5.41) is 12.1. The Hall–Kier alpha value is -3.57. The van der Waals surface area contributed by atoms with Crippen LogP contribution in [0.2, 0.25) is 0 Å². The molecule has 0 bridgehead atoms. The zero-order chi connectivity index (χ0) is 20.1. The van der Waals surface area contributed by atoms with Gasteiger partial charge in [0, 0.05) is 5.69 Å². The summed E-state index contributed by atoms with van der Waals surface area (Å²) in [6.45, 7) is 1.80. The SMILES string of the molecule is COc1ccc(C)cc1S(=O)(=O)Nc1ccc(Nc2cccc(C#N)c2)cn1. The predicted octanol–water partition coefficient (Wildman–Crippen LogP) is 3.81. The number of ether oxygens (including phenoxy) is 1. The van der Waals surface area contributed by atoms with Gasteiger partial charge in [-0.2, -0.15) is 5.26 Å². The van der Waals surface area contributed by atoms with E-state index < -0.39 is 10.0 Å². The van der Waals surface area contributed by atoms with E-state index in [0.29, 0.717) is 11.3 Å². The van der Waals surface area contributed by atoms with Crippen LogP contribution in [-0.4, -0.2) is 20.5 Å². The third-order valence-electron chi connectivity index (χ3n) is 3.89. The molecule has 0 spiro atoms. The average molecular weight is 394 g/mol. The molecule has 2 aromatic carbocycles. The van der Waals surface area contributed by atoms with E-state index in [2.05, 4.69) is 21.1 Å². The van der Waals surface area contributed by atoms with E-state index >= 15 is 0 Å². The Balaban J connectivity index is 1.78. The number of hydrogen-bond acceptors (Lipinski definition) is 6. The van der Waals surface area contributed by atoms with Gasteiger partial charge in [0.05, 0.1) is 30.6 Å². The number of nitriles is 1. The molecule has 142 valence electrons. The molecule has 0 atom stereocenters. The fourth-order valence-corrected chi connectivity index (χ4v) is 3.81. The molecule has 0 saturated heterocycles. The minimum absolute atomic E-state index is 0.0484. The molecular weight excluding hydrogens is 376 g/mol. The highest BCUT2D eigenvalue weighted by molar-refractivity contribution is 7.92. The molecule has 0 aliphatic rings. The third kappa shape index (κ3) is 4.39. The summed E-state index contributed by atoms with van der Waals surface area (Å²) < 4.78 is 33.0. The van der Waals surface area contributed by atoms with Crippen LogP contribution in [0, 0.1) is 18.3 Å². The second kappa shape index (κ2) is 7.98. The Bertz CT molecular complexity index is 1140. The van der Waals surface area contributed by atoms with Crippen LogP contribution in [0.1, 0.15) is 11.1 Å². The second-order valence-electron chi connectivity index (χ2n) is 6.01. The number of aromatic nitrogens is 1. The molecule has 8 heteroatoms. The summed E-state index contributed by atoms with van der Waals surface area (Å²) in [6, 6.07) is 17.3. The number of anilines is 3.